The van der Waals surface area contributed by atoms with Crippen LogP contribution in [0.2, 0.25) is 0 Å². The normalized spacial score (nSPS) is 15.6. The van der Waals surface area contributed by atoms with Crippen molar-refractivity contribution in [1.29, 1.82) is 21.0 Å². The fourth-order valence-corrected chi connectivity index (χ4v) is 4.75. The summed E-state index contributed by atoms with van der Waals surface area (Å²) in [6, 6.07) is 21.8. The summed E-state index contributed by atoms with van der Waals surface area (Å²) in [7, 11) is 0. The molecule has 0 fully saturated rings. The number of hydrogen-bond donors (Lipinski definition) is 0. The second kappa shape index (κ2) is 9.23. The summed E-state index contributed by atoms with van der Waals surface area (Å²) in [5.74, 6) is 0. The number of nitrogens with zero attached hydrogens (tertiary/aromatic N) is 8. The van der Waals surface area contributed by atoms with Gasteiger partial charge in [0.05, 0.1) is 47.8 Å². The summed E-state index contributed by atoms with van der Waals surface area (Å²) in [6.45, 7) is 15.3. The van der Waals surface area contributed by atoms with E-state index in [9.17, 15) is 21.0 Å². The van der Waals surface area contributed by atoms with Gasteiger partial charge in [-0.1, -0.05) is 12.1 Å². The minimum Gasteiger partial charge on any atom is -0.256 e. The van der Waals surface area contributed by atoms with Gasteiger partial charge in [0.2, 0.25) is 0 Å². The van der Waals surface area contributed by atoms with Crippen LogP contribution in [0.4, 0.5) is 0 Å². The van der Waals surface area contributed by atoms with E-state index in [-0.39, 0.29) is 33.7 Å². The number of aromatic nitrogens is 2. The molecule has 0 amide bonds. The molecule has 0 spiro atoms. The zero-order chi connectivity index (χ0) is 26.8. The number of fused-ring (bicyclic) bond motifs is 2. The maximum Gasteiger partial charge on any atom is 0.270 e. The number of hydrogen-bond acceptors (Lipinski definition) is 6. The van der Waals surface area contributed by atoms with E-state index in [1.165, 1.54) is 0 Å². The molecule has 2 aromatic heterocycles. The maximum atomic E-state index is 10.2. The van der Waals surface area contributed by atoms with Crippen LogP contribution in [0, 0.1) is 58.5 Å². The highest BCUT2D eigenvalue weighted by Crippen LogP contribution is 2.54. The predicted octanol–water partition coefficient (Wildman–Crippen LogP) is 5.68. The second-order valence-electron chi connectivity index (χ2n) is 7.99. The molecule has 38 heavy (non-hydrogen) atoms. The summed E-state index contributed by atoms with van der Waals surface area (Å²) in [5, 5.41) is 40.1. The average molecular weight is 482 g/mol. The van der Waals surface area contributed by atoms with Crippen LogP contribution in [0.15, 0.2) is 72.3 Å². The molecule has 0 saturated carbocycles. The average Bonchev–Trinajstić information content (AvgIpc) is 3.46. The lowest BCUT2D eigenvalue weighted by Crippen LogP contribution is -1.95. The van der Waals surface area contributed by atoms with Crippen LogP contribution < -0.4 is 0 Å². The van der Waals surface area contributed by atoms with Crippen LogP contribution in [0.5, 0.6) is 0 Å². The third-order valence-corrected chi connectivity index (χ3v) is 6.21. The van der Waals surface area contributed by atoms with Crippen LogP contribution in [-0.2, 0) is 0 Å². The SMILES string of the molecule is [C-]#[N+]/C(C#N)=C1\C(c2ccccn2)=C(C#N)c2cc3c(cc21)C(C#N)=C(c1ccccn1)/C3=C(\C#N)[N+]#[C-]. The molecule has 0 N–H and O–H groups in total. The van der Waals surface area contributed by atoms with E-state index >= 15 is 0 Å². The Kier molecular flexibility index (Phi) is 5.63. The largest absolute Gasteiger partial charge is 0.270 e. The van der Waals surface area contributed by atoms with Crippen molar-refractivity contribution in [3.8, 4) is 24.3 Å². The Hall–Kier alpha value is -6.58. The quantitative estimate of drug-likeness (QED) is 0.341. The van der Waals surface area contributed by atoms with Gasteiger partial charge in [0, 0.05) is 45.8 Å². The van der Waals surface area contributed by atoms with Crippen molar-refractivity contribution >= 4 is 33.4 Å². The van der Waals surface area contributed by atoms with Gasteiger partial charge in [-0.25, -0.2) is 20.2 Å². The van der Waals surface area contributed by atoms with E-state index in [2.05, 4.69) is 31.8 Å². The van der Waals surface area contributed by atoms with Gasteiger partial charge in [0.25, 0.3) is 11.4 Å². The molecular weight excluding hydrogens is 472 g/mol. The van der Waals surface area contributed by atoms with Crippen LogP contribution in [0.25, 0.3) is 43.1 Å². The van der Waals surface area contributed by atoms with Crippen molar-refractivity contribution < 1.29 is 0 Å². The van der Waals surface area contributed by atoms with Crippen molar-refractivity contribution in [3.63, 3.8) is 0 Å². The van der Waals surface area contributed by atoms with E-state index < -0.39 is 0 Å². The number of benzene rings is 1. The van der Waals surface area contributed by atoms with Crippen molar-refractivity contribution in [2.45, 2.75) is 0 Å². The molecular formula is C30H10N8. The lowest BCUT2D eigenvalue weighted by Gasteiger charge is -2.11. The smallest absolute Gasteiger partial charge is 0.256 e. The van der Waals surface area contributed by atoms with E-state index in [0.717, 1.165) is 0 Å². The molecule has 0 radical (unpaired) electrons. The minimum atomic E-state index is -0.225. The fourth-order valence-electron chi connectivity index (χ4n) is 4.75. The number of pyridine rings is 2. The first-order chi connectivity index (χ1) is 18.6. The van der Waals surface area contributed by atoms with Gasteiger partial charge in [-0.05, 0) is 47.5 Å². The molecule has 170 valence electrons. The highest BCUT2D eigenvalue weighted by molar-refractivity contribution is 6.29. The summed E-state index contributed by atoms with van der Waals surface area (Å²) in [4.78, 5) is 15.5. The zero-order valence-electron chi connectivity index (χ0n) is 19.4. The van der Waals surface area contributed by atoms with Gasteiger partial charge in [-0.15, -0.1) is 0 Å². The molecule has 5 rings (SSSR count). The molecule has 2 heterocycles. The highest BCUT2D eigenvalue weighted by Gasteiger charge is 2.37. The standard InChI is InChI=1S/C30H10N8/c1-35-25(15-33)27-19-11-18-20(12-17(19)21(13-31)29(27)23-7-3-5-9-37-23)28(26(16-34)36-2)30(22(18)14-32)24-8-4-6-10-38-24/h3-12H/b27-25-,28-26+. The van der Waals surface area contributed by atoms with Crippen molar-refractivity contribution in [2.24, 2.45) is 0 Å². The number of nitriles is 4. The Labute approximate surface area is 217 Å². The van der Waals surface area contributed by atoms with Crippen LogP contribution in [-0.4, -0.2) is 9.97 Å². The van der Waals surface area contributed by atoms with Gasteiger partial charge in [0.1, 0.15) is 12.1 Å². The molecule has 0 unspecified atom stereocenters. The summed E-state index contributed by atoms with van der Waals surface area (Å²) < 4.78 is 0. The van der Waals surface area contributed by atoms with Crippen molar-refractivity contribution in [2.75, 3.05) is 0 Å². The molecule has 2 aliphatic rings. The van der Waals surface area contributed by atoms with E-state index in [1.54, 1.807) is 60.9 Å². The van der Waals surface area contributed by atoms with Crippen LogP contribution in [0.3, 0.4) is 0 Å². The van der Waals surface area contributed by atoms with Gasteiger partial charge >= 0.3 is 0 Å². The monoisotopic (exact) mass is 482 g/mol. The molecule has 8 nitrogen and oxygen atoms in total. The van der Waals surface area contributed by atoms with Gasteiger partial charge in [0.15, 0.2) is 0 Å². The molecule has 8 heteroatoms. The Morgan fingerprint density at radius 3 is 1.34 bits per heavy atom. The highest BCUT2D eigenvalue weighted by atomic mass is 14.7. The van der Waals surface area contributed by atoms with Gasteiger partial charge in [-0.3, -0.25) is 9.97 Å². The minimum absolute atomic E-state index is 0.193. The second-order valence-corrected chi connectivity index (χ2v) is 7.99. The molecule has 2 aliphatic carbocycles. The Bertz CT molecular complexity index is 1770. The molecule has 0 aliphatic heterocycles. The number of rotatable bonds is 2. The maximum absolute atomic E-state index is 10.2. The Balaban J connectivity index is 1.94. The van der Waals surface area contributed by atoms with Crippen LogP contribution >= 0.6 is 0 Å². The Morgan fingerprint density at radius 2 is 1.05 bits per heavy atom. The zero-order valence-corrected chi connectivity index (χ0v) is 19.4. The first-order valence-electron chi connectivity index (χ1n) is 11.0. The predicted molar refractivity (Wildman–Crippen MR) is 138 cm³/mol. The fraction of sp³-hybridized carbons (Fsp3) is 0. The van der Waals surface area contributed by atoms with Gasteiger partial charge < -0.3 is 0 Å². The molecule has 3 aromatic rings. The first kappa shape index (κ1) is 23.2. The molecule has 0 bridgehead atoms. The van der Waals surface area contributed by atoms with Gasteiger partial charge in [-0.2, -0.15) is 10.5 Å². The number of allylic oxidation sites excluding steroid dienone is 8. The Morgan fingerprint density at radius 1 is 0.632 bits per heavy atom. The summed E-state index contributed by atoms with van der Waals surface area (Å²) in [5.41, 5.74) is 3.59. The molecule has 0 atom stereocenters. The van der Waals surface area contributed by atoms with Crippen molar-refractivity contribution in [3.05, 3.63) is 129 Å². The third kappa shape index (κ3) is 3.26. The third-order valence-electron chi connectivity index (χ3n) is 6.21. The molecule has 0 saturated heterocycles. The first-order valence-corrected chi connectivity index (χ1v) is 11.0. The lowest BCUT2D eigenvalue weighted by atomic mass is 9.92. The van der Waals surface area contributed by atoms with Crippen LogP contribution in [0.1, 0.15) is 33.6 Å². The summed E-state index contributed by atoms with van der Waals surface area (Å²) >= 11 is 0. The summed E-state index contributed by atoms with van der Waals surface area (Å²) in [6.07, 6.45) is 3.10. The van der Waals surface area contributed by atoms with E-state index in [4.69, 9.17) is 13.1 Å². The molecule has 1 aromatic carbocycles. The topological polar surface area (TPSA) is 130 Å². The van der Waals surface area contributed by atoms with Crippen molar-refractivity contribution in [1.82, 2.24) is 9.97 Å². The van der Waals surface area contributed by atoms with E-state index in [0.29, 0.717) is 44.8 Å². The van der Waals surface area contributed by atoms with E-state index in [1.807, 2.05) is 12.1 Å². The lowest BCUT2D eigenvalue weighted by molar-refractivity contribution is 1.28.